The van der Waals surface area contributed by atoms with Crippen LogP contribution in [0.3, 0.4) is 0 Å². The van der Waals surface area contributed by atoms with Crippen LogP contribution in [-0.4, -0.2) is 35.6 Å². The molecular weight excluding hydrogens is 246 g/mol. The Morgan fingerprint density at radius 3 is 2.74 bits per heavy atom. The fraction of sp³-hybridized carbons (Fsp3) is 0.500. The molecule has 2 rings (SSSR count). The van der Waals surface area contributed by atoms with Gasteiger partial charge in [0.2, 0.25) is 0 Å². The Bertz CT molecular complexity index is 432. The van der Waals surface area contributed by atoms with Gasteiger partial charge in [0.05, 0.1) is 18.2 Å². The van der Waals surface area contributed by atoms with Crippen molar-refractivity contribution in [3.05, 3.63) is 35.9 Å². The second-order valence-corrected chi connectivity index (χ2v) is 5.17. The highest BCUT2D eigenvalue weighted by atomic mass is 16.6. The number of alkyl carbamates (subject to hydrolysis) is 1. The van der Waals surface area contributed by atoms with E-state index in [0.717, 1.165) is 5.56 Å². The molecule has 5 nitrogen and oxygen atoms in total. The minimum atomic E-state index is -0.739. The maximum atomic E-state index is 11.6. The monoisotopic (exact) mass is 265 g/mol. The lowest BCUT2D eigenvalue weighted by Crippen LogP contribution is -2.47. The van der Waals surface area contributed by atoms with E-state index in [2.05, 4.69) is 5.32 Å². The zero-order valence-corrected chi connectivity index (χ0v) is 11.1. The molecule has 1 amide bonds. The van der Waals surface area contributed by atoms with Gasteiger partial charge in [-0.25, -0.2) is 4.79 Å². The summed E-state index contributed by atoms with van der Waals surface area (Å²) in [6, 6.07) is 8.99. The average Bonchev–Trinajstić information content (AvgIpc) is 2.65. The fourth-order valence-corrected chi connectivity index (χ4v) is 2.00. The lowest BCUT2D eigenvalue weighted by molar-refractivity contribution is -0.0300. The first-order chi connectivity index (χ1) is 8.99. The van der Waals surface area contributed by atoms with Gasteiger partial charge in [-0.2, -0.15) is 0 Å². The quantitative estimate of drug-likeness (QED) is 0.868. The van der Waals surface area contributed by atoms with Gasteiger partial charge < -0.3 is 19.9 Å². The number of rotatable bonds is 3. The molecule has 1 aromatic rings. The molecule has 2 atom stereocenters. The minimum Gasteiger partial charge on any atom is -0.445 e. The van der Waals surface area contributed by atoms with Crippen molar-refractivity contribution in [3.8, 4) is 0 Å². The number of carbonyl (C=O) groups is 1. The molecule has 0 spiro atoms. The maximum absolute atomic E-state index is 11.6. The Morgan fingerprint density at radius 1 is 1.47 bits per heavy atom. The molecule has 104 valence electrons. The molecule has 1 saturated heterocycles. The SMILES string of the molecule is CC1(C)OC[C@@H](NC(=O)OCc2ccccc2)[C@@H]1O. The lowest BCUT2D eigenvalue weighted by Gasteiger charge is -2.23. The van der Waals surface area contributed by atoms with Crippen molar-refractivity contribution in [1.29, 1.82) is 0 Å². The van der Waals surface area contributed by atoms with Gasteiger partial charge >= 0.3 is 6.09 Å². The molecular formula is C14H19NO4. The zero-order chi connectivity index (χ0) is 13.9. The van der Waals surface area contributed by atoms with Crippen LogP contribution in [0.1, 0.15) is 19.4 Å². The topological polar surface area (TPSA) is 67.8 Å². The van der Waals surface area contributed by atoms with Gasteiger partial charge in [0, 0.05) is 0 Å². The lowest BCUT2D eigenvalue weighted by atomic mass is 9.99. The first kappa shape index (κ1) is 13.8. The summed E-state index contributed by atoms with van der Waals surface area (Å²) in [5, 5.41) is 12.6. The molecule has 1 aliphatic rings. The molecule has 1 heterocycles. The first-order valence-electron chi connectivity index (χ1n) is 6.28. The third-order valence-corrected chi connectivity index (χ3v) is 3.24. The standard InChI is InChI=1S/C14H19NO4/c1-14(2)12(16)11(9-19-14)15-13(17)18-8-10-6-4-3-5-7-10/h3-7,11-12,16H,8-9H2,1-2H3,(H,15,17)/t11-,12+/m1/s1. The highest BCUT2D eigenvalue weighted by Crippen LogP contribution is 2.25. The third-order valence-electron chi connectivity index (χ3n) is 3.24. The molecule has 5 heteroatoms. The Balaban J connectivity index is 1.79. The van der Waals surface area contributed by atoms with Crippen molar-refractivity contribution in [2.24, 2.45) is 0 Å². The number of benzene rings is 1. The fourth-order valence-electron chi connectivity index (χ4n) is 2.00. The smallest absolute Gasteiger partial charge is 0.407 e. The van der Waals surface area contributed by atoms with Crippen molar-refractivity contribution in [2.45, 2.75) is 38.2 Å². The summed E-state index contributed by atoms with van der Waals surface area (Å²) < 4.78 is 10.5. The van der Waals surface area contributed by atoms with E-state index in [1.165, 1.54) is 0 Å². The summed E-state index contributed by atoms with van der Waals surface area (Å²) in [7, 11) is 0. The number of hydrogen-bond acceptors (Lipinski definition) is 4. The molecule has 1 aromatic carbocycles. The van der Waals surface area contributed by atoms with E-state index in [1.807, 2.05) is 30.3 Å². The zero-order valence-electron chi connectivity index (χ0n) is 11.1. The molecule has 0 aromatic heterocycles. The van der Waals surface area contributed by atoms with Crippen LogP contribution in [0.4, 0.5) is 4.79 Å². The van der Waals surface area contributed by atoms with Gasteiger partial charge in [-0.1, -0.05) is 30.3 Å². The molecule has 19 heavy (non-hydrogen) atoms. The molecule has 2 N–H and O–H groups in total. The molecule has 1 aliphatic heterocycles. The molecule has 0 unspecified atom stereocenters. The van der Waals surface area contributed by atoms with Crippen molar-refractivity contribution in [3.63, 3.8) is 0 Å². The maximum Gasteiger partial charge on any atom is 0.407 e. The average molecular weight is 265 g/mol. The van der Waals surface area contributed by atoms with Gasteiger partial charge in [-0.15, -0.1) is 0 Å². The molecule has 0 saturated carbocycles. The van der Waals surface area contributed by atoms with Crippen molar-refractivity contribution in [2.75, 3.05) is 6.61 Å². The van der Waals surface area contributed by atoms with Crippen molar-refractivity contribution in [1.82, 2.24) is 5.32 Å². The van der Waals surface area contributed by atoms with Crippen LogP contribution in [0.5, 0.6) is 0 Å². The Hall–Kier alpha value is -1.59. The van der Waals surface area contributed by atoms with Gasteiger partial charge in [0.15, 0.2) is 0 Å². The normalized spacial score (nSPS) is 25.0. The Kier molecular flexibility index (Phi) is 4.07. The van der Waals surface area contributed by atoms with Crippen LogP contribution in [0, 0.1) is 0 Å². The Morgan fingerprint density at radius 2 is 2.16 bits per heavy atom. The minimum absolute atomic E-state index is 0.208. The Labute approximate surface area is 112 Å². The van der Waals surface area contributed by atoms with Crippen molar-refractivity contribution < 1.29 is 19.4 Å². The van der Waals surface area contributed by atoms with E-state index in [9.17, 15) is 9.90 Å². The number of amides is 1. The predicted molar refractivity (Wildman–Crippen MR) is 69.6 cm³/mol. The van der Waals surface area contributed by atoms with Crippen LogP contribution >= 0.6 is 0 Å². The summed E-state index contributed by atoms with van der Waals surface area (Å²) in [5.74, 6) is 0. The number of nitrogens with one attached hydrogen (secondary N) is 1. The summed E-state index contributed by atoms with van der Waals surface area (Å²) in [6.07, 6.45) is -1.29. The second kappa shape index (κ2) is 5.59. The molecule has 1 fully saturated rings. The largest absolute Gasteiger partial charge is 0.445 e. The van der Waals surface area contributed by atoms with Gasteiger partial charge in [0.1, 0.15) is 12.7 Å². The highest BCUT2D eigenvalue weighted by Gasteiger charge is 2.43. The predicted octanol–water partition coefficient (Wildman–Crippen LogP) is 1.45. The van der Waals surface area contributed by atoms with Crippen LogP contribution in [0.25, 0.3) is 0 Å². The van der Waals surface area contributed by atoms with Gasteiger partial charge in [-0.3, -0.25) is 0 Å². The van der Waals surface area contributed by atoms with Gasteiger partial charge in [-0.05, 0) is 19.4 Å². The number of ether oxygens (including phenoxy) is 2. The van der Waals surface area contributed by atoms with Gasteiger partial charge in [0.25, 0.3) is 0 Å². The van der Waals surface area contributed by atoms with Crippen LogP contribution < -0.4 is 5.32 Å². The molecule has 0 bridgehead atoms. The van der Waals surface area contributed by atoms with Crippen LogP contribution in [0.2, 0.25) is 0 Å². The van der Waals surface area contributed by atoms with E-state index in [1.54, 1.807) is 13.8 Å². The van der Waals surface area contributed by atoms with Crippen molar-refractivity contribution >= 4 is 6.09 Å². The van der Waals surface area contributed by atoms with E-state index in [4.69, 9.17) is 9.47 Å². The number of aliphatic hydroxyl groups is 1. The summed E-state index contributed by atoms with van der Waals surface area (Å²) in [6.45, 7) is 4.07. The van der Waals surface area contributed by atoms with Crippen LogP contribution in [-0.2, 0) is 16.1 Å². The van der Waals surface area contributed by atoms with Crippen LogP contribution in [0.15, 0.2) is 30.3 Å². The number of hydrogen-bond donors (Lipinski definition) is 2. The third kappa shape index (κ3) is 3.45. The van der Waals surface area contributed by atoms with E-state index < -0.39 is 23.8 Å². The number of carbonyl (C=O) groups excluding carboxylic acids is 1. The highest BCUT2D eigenvalue weighted by molar-refractivity contribution is 5.67. The van der Waals surface area contributed by atoms with E-state index in [-0.39, 0.29) is 13.2 Å². The summed E-state index contributed by atoms with van der Waals surface area (Å²) in [4.78, 5) is 11.6. The summed E-state index contributed by atoms with van der Waals surface area (Å²) >= 11 is 0. The molecule has 0 aliphatic carbocycles. The number of aliphatic hydroxyl groups excluding tert-OH is 1. The van der Waals surface area contributed by atoms with E-state index >= 15 is 0 Å². The molecule has 0 radical (unpaired) electrons. The second-order valence-electron chi connectivity index (χ2n) is 5.17. The summed E-state index contributed by atoms with van der Waals surface area (Å²) in [5.41, 5.74) is 0.276. The van der Waals surface area contributed by atoms with E-state index in [0.29, 0.717) is 0 Å². The first-order valence-corrected chi connectivity index (χ1v) is 6.28.